The van der Waals surface area contributed by atoms with E-state index in [1.54, 1.807) is 6.07 Å². The Morgan fingerprint density at radius 2 is 1.83 bits per heavy atom. The van der Waals surface area contributed by atoms with Crippen molar-refractivity contribution in [2.24, 2.45) is 0 Å². The van der Waals surface area contributed by atoms with Crippen LogP contribution in [0.5, 0.6) is 17.2 Å². The van der Waals surface area contributed by atoms with Gasteiger partial charge in [-0.05, 0) is 49.2 Å². The number of rotatable bonds is 6. The van der Waals surface area contributed by atoms with Crippen molar-refractivity contribution < 1.29 is 18.6 Å². The molecule has 1 fully saturated rings. The van der Waals surface area contributed by atoms with Crippen LogP contribution in [0.1, 0.15) is 17.5 Å². The number of piperazine rings is 1. The molecule has 30 heavy (non-hydrogen) atoms. The van der Waals surface area contributed by atoms with Gasteiger partial charge in [-0.2, -0.15) is 5.26 Å². The van der Waals surface area contributed by atoms with Gasteiger partial charge in [0.25, 0.3) is 0 Å². The molecule has 7 heteroatoms. The fourth-order valence-electron chi connectivity index (χ4n) is 3.92. The predicted octanol–water partition coefficient (Wildman–Crippen LogP) is 3.37. The van der Waals surface area contributed by atoms with Crippen LogP contribution in [-0.4, -0.2) is 57.4 Å². The van der Waals surface area contributed by atoms with E-state index in [0.717, 1.165) is 56.1 Å². The third kappa shape index (κ3) is 4.44. The molecule has 0 amide bonds. The van der Waals surface area contributed by atoms with Crippen LogP contribution in [0.3, 0.4) is 0 Å². The lowest BCUT2D eigenvalue weighted by Gasteiger charge is -2.37. The number of aryl methyl sites for hydroxylation is 1. The molecule has 6 nitrogen and oxygen atoms in total. The lowest BCUT2D eigenvalue weighted by molar-refractivity contribution is 0.170. The average molecular weight is 411 g/mol. The molecule has 2 aliphatic heterocycles. The highest BCUT2D eigenvalue weighted by Crippen LogP contribution is 2.42. The summed E-state index contributed by atoms with van der Waals surface area (Å²) in [6, 6.07) is 10.6. The zero-order valence-electron chi connectivity index (χ0n) is 17.2. The van der Waals surface area contributed by atoms with Crippen molar-refractivity contribution in [3.8, 4) is 23.3 Å². The van der Waals surface area contributed by atoms with Crippen LogP contribution < -0.4 is 19.1 Å². The third-order valence-corrected chi connectivity index (χ3v) is 5.51. The Kier molecular flexibility index (Phi) is 6.24. The van der Waals surface area contributed by atoms with Gasteiger partial charge in [-0.25, -0.2) is 4.39 Å². The molecule has 4 rings (SSSR count). The third-order valence-electron chi connectivity index (χ3n) is 5.51. The van der Waals surface area contributed by atoms with Crippen molar-refractivity contribution in [2.75, 3.05) is 57.4 Å². The first kappa shape index (κ1) is 20.3. The Balaban J connectivity index is 1.27. The van der Waals surface area contributed by atoms with Crippen molar-refractivity contribution in [3.05, 3.63) is 47.3 Å². The SMILES string of the molecule is Cc1cc(F)ccc1OCCCN1CCN(c2ccc(C#N)c3c2OCCO3)CC1. The first-order chi connectivity index (χ1) is 14.7. The number of hydrogen-bond donors (Lipinski definition) is 0. The summed E-state index contributed by atoms with van der Waals surface area (Å²) in [4.78, 5) is 4.72. The number of anilines is 1. The number of nitrogens with zero attached hydrogens (tertiary/aromatic N) is 3. The van der Waals surface area contributed by atoms with Crippen LogP contribution in [0.4, 0.5) is 10.1 Å². The van der Waals surface area contributed by atoms with Gasteiger partial charge in [0.05, 0.1) is 17.9 Å². The average Bonchev–Trinajstić information content (AvgIpc) is 2.77. The molecule has 0 radical (unpaired) electrons. The second-order valence-corrected chi connectivity index (χ2v) is 7.54. The molecule has 0 N–H and O–H groups in total. The minimum absolute atomic E-state index is 0.238. The van der Waals surface area contributed by atoms with Gasteiger partial charge >= 0.3 is 0 Å². The van der Waals surface area contributed by atoms with E-state index in [1.165, 1.54) is 12.1 Å². The highest BCUT2D eigenvalue weighted by atomic mass is 19.1. The molecule has 0 bridgehead atoms. The van der Waals surface area contributed by atoms with Gasteiger partial charge < -0.3 is 19.1 Å². The molecule has 0 saturated carbocycles. The monoisotopic (exact) mass is 411 g/mol. The van der Waals surface area contributed by atoms with Gasteiger partial charge in [0.2, 0.25) is 0 Å². The Labute approximate surface area is 176 Å². The van der Waals surface area contributed by atoms with Crippen LogP contribution in [-0.2, 0) is 0 Å². The molecule has 1 saturated heterocycles. The van der Waals surface area contributed by atoms with Crippen molar-refractivity contribution in [1.29, 1.82) is 5.26 Å². The molecule has 0 spiro atoms. The summed E-state index contributed by atoms with van der Waals surface area (Å²) in [5.74, 6) is 1.76. The van der Waals surface area contributed by atoms with Crippen molar-refractivity contribution >= 4 is 5.69 Å². The Morgan fingerprint density at radius 3 is 2.57 bits per heavy atom. The van der Waals surface area contributed by atoms with Gasteiger partial charge in [0, 0.05) is 32.7 Å². The maximum Gasteiger partial charge on any atom is 0.186 e. The number of nitriles is 1. The van der Waals surface area contributed by atoms with Gasteiger partial charge in [0.15, 0.2) is 11.5 Å². The Hall–Kier alpha value is -2.98. The summed E-state index contributed by atoms with van der Waals surface area (Å²) in [5, 5.41) is 9.30. The summed E-state index contributed by atoms with van der Waals surface area (Å²) in [5.41, 5.74) is 2.34. The number of benzene rings is 2. The zero-order chi connectivity index (χ0) is 20.9. The van der Waals surface area contributed by atoms with E-state index in [9.17, 15) is 9.65 Å². The summed E-state index contributed by atoms with van der Waals surface area (Å²) < 4.78 is 30.5. The minimum atomic E-state index is -0.238. The maximum absolute atomic E-state index is 13.2. The van der Waals surface area contributed by atoms with E-state index in [1.807, 2.05) is 19.1 Å². The zero-order valence-corrected chi connectivity index (χ0v) is 17.2. The Morgan fingerprint density at radius 1 is 1.07 bits per heavy atom. The molecule has 0 unspecified atom stereocenters. The first-order valence-corrected chi connectivity index (χ1v) is 10.3. The predicted molar refractivity (Wildman–Crippen MR) is 112 cm³/mol. The molecule has 0 aromatic heterocycles. The standard InChI is InChI=1S/C23H26FN3O3/c1-17-15-19(24)4-6-21(17)28-12-2-7-26-8-10-27(11-9-26)20-5-3-18(16-25)22-23(20)30-14-13-29-22/h3-6,15H,2,7-14H2,1H3. The molecule has 0 atom stereocenters. The minimum Gasteiger partial charge on any atom is -0.493 e. The lowest BCUT2D eigenvalue weighted by Crippen LogP contribution is -2.47. The second kappa shape index (κ2) is 9.23. The van der Waals surface area contributed by atoms with Crippen LogP contribution in [0.25, 0.3) is 0 Å². The highest BCUT2D eigenvalue weighted by molar-refractivity contribution is 5.70. The van der Waals surface area contributed by atoms with Crippen molar-refractivity contribution in [2.45, 2.75) is 13.3 Å². The number of fused-ring (bicyclic) bond motifs is 1. The van der Waals surface area contributed by atoms with E-state index in [2.05, 4.69) is 15.9 Å². The first-order valence-electron chi connectivity index (χ1n) is 10.3. The Bertz CT molecular complexity index is 936. The van der Waals surface area contributed by atoms with E-state index in [-0.39, 0.29) is 5.82 Å². The quantitative estimate of drug-likeness (QED) is 0.680. The summed E-state index contributed by atoms with van der Waals surface area (Å²) in [6.07, 6.45) is 0.917. The number of hydrogen-bond acceptors (Lipinski definition) is 6. The second-order valence-electron chi connectivity index (χ2n) is 7.54. The molecule has 2 aliphatic rings. The normalized spacial score (nSPS) is 16.2. The van der Waals surface area contributed by atoms with Gasteiger partial charge in [-0.1, -0.05) is 0 Å². The highest BCUT2D eigenvalue weighted by Gasteiger charge is 2.25. The van der Waals surface area contributed by atoms with Gasteiger partial charge in [-0.15, -0.1) is 0 Å². The van der Waals surface area contributed by atoms with Gasteiger partial charge in [-0.3, -0.25) is 4.90 Å². The van der Waals surface area contributed by atoms with Crippen molar-refractivity contribution in [1.82, 2.24) is 4.90 Å². The largest absolute Gasteiger partial charge is 0.493 e. The molecular formula is C23H26FN3O3. The fourth-order valence-corrected chi connectivity index (χ4v) is 3.92. The topological polar surface area (TPSA) is 58.0 Å². The number of ether oxygens (including phenoxy) is 3. The van der Waals surface area contributed by atoms with Crippen molar-refractivity contribution in [3.63, 3.8) is 0 Å². The summed E-state index contributed by atoms with van der Waals surface area (Å²) in [7, 11) is 0. The molecule has 2 heterocycles. The van der Waals surface area contributed by atoms with E-state index < -0.39 is 0 Å². The smallest absolute Gasteiger partial charge is 0.186 e. The van der Waals surface area contributed by atoms with Crippen LogP contribution >= 0.6 is 0 Å². The molecule has 0 aliphatic carbocycles. The molecule has 158 valence electrons. The van der Waals surface area contributed by atoms with Gasteiger partial charge in [0.1, 0.15) is 30.8 Å². The van der Waals surface area contributed by atoms with Crippen LogP contribution in [0.15, 0.2) is 30.3 Å². The fraction of sp³-hybridized carbons (Fsp3) is 0.435. The van der Waals surface area contributed by atoms with Crippen LogP contribution in [0.2, 0.25) is 0 Å². The van der Waals surface area contributed by atoms with Crippen LogP contribution in [0, 0.1) is 24.1 Å². The maximum atomic E-state index is 13.2. The molecule has 2 aromatic carbocycles. The lowest BCUT2D eigenvalue weighted by atomic mass is 10.1. The summed E-state index contributed by atoms with van der Waals surface area (Å²) >= 11 is 0. The molecular weight excluding hydrogens is 385 g/mol. The molecule has 2 aromatic rings. The van der Waals surface area contributed by atoms with E-state index in [4.69, 9.17) is 14.2 Å². The summed E-state index contributed by atoms with van der Waals surface area (Å²) in [6.45, 7) is 8.07. The number of halogens is 1. The van der Waals surface area contributed by atoms with E-state index in [0.29, 0.717) is 36.9 Å². The van der Waals surface area contributed by atoms with E-state index >= 15 is 0 Å².